The predicted molar refractivity (Wildman–Crippen MR) is 90.5 cm³/mol. The normalized spacial score (nSPS) is 11.5. The first-order chi connectivity index (χ1) is 11.4. The van der Waals surface area contributed by atoms with Crippen molar-refractivity contribution in [2.75, 3.05) is 17.7 Å². The highest BCUT2D eigenvalue weighted by Gasteiger charge is 2.18. The van der Waals surface area contributed by atoms with Crippen molar-refractivity contribution in [2.45, 2.75) is 19.9 Å². The Hall–Kier alpha value is -2.96. The summed E-state index contributed by atoms with van der Waals surface area (Å²) < 4.78 is 13.3. The Morgan fingerprint density at radius 1 is 1.21 bits per heavy atom. The van der Waals surface area contributed by atoms with Crippen LogP contribution in [-0.4, -0.2) is 29.9 Å². The average molecular weight is 330 g/mol. The van der Waals surface area contributed by atoms with E-state index in [0.717, 1.165) is 5.56 Å². The van der Waals surface area contributed by atoms with Crippen LogP contribution >= 0.6 is 0 Å². The number of hydrogen-bond donors (Lipinski definition) is 3. The number of halogens is 1. The number of nitrogens with one attached hydrogen (secondary N) is 3. The Bertz CT molecular complexity index is 764. The van der Waals surface area contributed by atoms with Crippen molar-refractivity contribution in [2.24, 2.45) is 0 Å². The van der Waals surface area contributed by atoms with Gasteiger partial charge in [-0.2, -0.15) is 0 Å². The first-order valence-corrected chi connectivity index (χ1v) is 7.42. The minimum absolute atomic E-state index is 0.377. The Balaban J connectivity index is 2.02. The molecule has 1 aromatic carbocycles. The van der Waals surface area contributed by atoms with Crippen LogP contribution in [-0.2, 0) is 4.79 Å². The van der Waals surface area contributed by atoms with E-state index in [1.165, 1.54) is 18.3 Å². The van der Waals surface area contributed by atoms with E-state index in [9.17, 15) is 14.0 Å². The Morgan fingerprint density at radius 2 is 1.96 bits per heavy atom. The minimum atomic E-state index is -0.786. The Kier molecular flexibility index (Phi) is 5.47. The highest BCUT2D eigenvalue weighted by molar-refractivity contribution is 6.01. The number of aromatic nitrogens is 1. The van der Waals surface area contributed by atoms with E-state index >= 15 is 0 Å². The van der Waals surface area contributed by atoms with Gasteiger partial charge in [0.2, 0.25) is 5.91 Å². The van der Waals surface area contributed by atoms with E-state index in [2.05, 4.69) is 20.9 Å². The third-order valence-electron chi connectivity index (χ3n) is 3.48. The molecular formula is C17H19FN4O2. The monoisotopic (exact) mass is 330 g/mol. The maximum atomic E-state index is 13.3. The van der Waals surface area contributed by atoms with Crippen LogP contribution in [0, 0.1) is 12.7 Å². The topological polar surface area (TPSA) is 83.1 Å². The summed E-state index contributed by atoms with van der Waals surface area (Å²) in [6.45, 7) is 3.32. The van der Waals surface area contributed by atoms with Gasteiger partial charge >= 0.3 is 0 Å². The summed E-state index contributed by atoms with van der Waals surface area (Å²) in [5, 5.41) is 8.05. The Labute approximate surface area is 139 Å². The molecule has 1 heterocycles. The molecule has 0 saturated carbocycles. The number of carbonyl (C=O) groups excluding carboxylic acids is 2. The maximum absolute atomic E-state index is 13.3. The van der Waals surface area contributed by atoms with Crippen LogP contribution in [0.4, 0.5) is 15.9 Å². The van der Waals surface area contributed by atoms with E-state index in [1.54, 1.807) is 39.1 Å². The number of pyridine rings is 1. The molecule has 0 fully saturated rings. The van der Waals surface area contributed by atoms with Crippen LogP contribution in [0.3, 0.4) is 0 Å². The van der Waals surface area contributed by atoms with Gasteiger partial charge in [-0.25, -0.2) is 9.37 Å². The summed E-state index contributed by atoms with van der Waals surface area (Å²) in [7, 11) is 1.70. The molecule has 3 N–H and O–H groups in total. The summed E-state index contributed by atoms with van der Waals surface area (Å²) in [4.78, 5) is 28.4. The van der Waals surface area contributed by atoms with Crippen molar-refractivity contribution >= 4 is 23.3 Å². The Morgan fingerprint density at radius 3 is 2.67 bits per heavy atom. The molecule has 0 spiro atoms. The second kappa shape index (κ2) is 7.54. The third kappa shape index (κ3) is 4.28. The van der Waals surface area contributed by atoms with Gasteiger partial charge in [0, 0.05) is 24.5 Å². The lowest BCUT2D eigenvalue weighted by atomic mass is 10.2. The molecule has 0 aliphatic rings. The number of anilines is 2. The summed E-state index contributed by atoms with van der Waals surface area (Å²) >= 11 is 0. The highest BCUT2D eigenvalue weighted by Crippen LogP contribution is 2.16. The first kappa shape index (κ1) is 17.4. The summed E-state index contributed by atoms with van der Waals surface area (Å²) in [6, 6.07) is 6.48. The number of amides is 2. The van der Waals surface area contributed by atoms with Gasteiger partial charge in [-0.05, 0) is 43.7 Å². The molecule has 1 atom stereocenters. The van der Waals surface area contributed by atoms with Gasteiger partial charge in [-0.3, -0.25) is 9.59 Å². The molecule has 7 heteroatoms. The van der Waals surface area contributed by atoms with Crippen LogP contribution in [0.25, 0.3) is 0 Å². The summed E-state index contributed by atoms with van der Waals surface area (Å²) in [6.07, 6.45) is 1.50. The molecule has 24 heavy (non-hydrogen) atoms. The van der Waals surface area contributed by atoms with Gasteiger partial charge in [0.25, 0.3) is 5.91 Å². The van der Waals surface area contributed by atoms with Gasteiger partial charge in [0.15, 0.2) is 0 Å². The number of carbonyl (C=O) groups is 2. The minimum Gasteiger partial charge on any atom is -0.373 e. The zero-order valence-corrected chi connectivity index (χ0v) is 13.7. The van der Waals surface area contributed by atoms with Crippen molar-refractivity contribution in [1.82, 2.24) is 10.3 Å². The lowest BCUT2D eigenvalue weighted by molar-refractivity contribution is -0.117. The quantitative estimate of drug-likeness (QED) is 0.786. The fourth-order valence-electron chi connectivity index (χ4n) is 2.02. The molecular weight excluding hydrogens is 311 g/mol. The zero-order valence-electron chi connectivity index (χ0n) is 13.7. The molecule has 2 amide bonds. The van der Waals surface area contributed by atoms with Crippen LogP contribution in [0.15, 0.2) is 36.5 Å². The van der Waals surface area contributed by atoms with Crippen molar-refractivity contribution < 1.29 is 14.0 Å². The lowest BCUT2D eigenvalue weighted by Crippen LogP contribution is -2.41. The smallest absolute Gasteiger partial charge is 0.252 e. The highest BCUT2D eigenvalue weighted by atomic mass is 19.1. The number of benzene rings is 1. The van der Waals surface area contributed by atoms with Gasteiger partial charge in [0.05, 0.1) is 0 Å². The van der Waals surface area contributed by atoms with Crippen LogP contribution in [0.2, 0.25) is 0 Å². The second-order valence-corrected chi connectivity index (χ2v) is 5.32. The van der Waals surface area contributed by atoms with E-state index in [4.69, 9.17) is 0 Å². The van der Waals surface area contributed by atoms with Crippen molar-refractivity contribution in [1.29, 1.82) is 0 Å². The number of nitrogens with zero attached hydrogens (tertiary/aromatic N) is 1. The van der Waals surface area contributed by atoms with Crippen LogP contribution in [0.1, 0.15) is 22.8 Å². The van der Waals surface area contributed by atoms with Crippen molar-refractivity contribution in [3.8, 4) is 0 Å². The SMILES string of the molecule is CNc1cc(C(=O)N[C@@H](C)C(=O)Nc2cc(F)ccc2C)ccn1. The zero-order chi connectivity index (χ0) is 17.7. The number of aryl methyl sites for hydroxylation is 1. The van der Waals surface area contributed by atoms with E-state index < -0.39 is 23.7 Å². The molecule has 126 valence electrons. The number of rotatable bonds is 5. The number of hydrogen-bond acceptors (Lipinski definition) is 4. The average Bonchev–Trinajstić information content (AvgIpc) is 2.58. The maximum Gasteiger partial charge on any atom is 0.252 e. The van der Waals surface area contributed by atoms with Crippen molar-refractivity contribution in [3.05, 3.63) is 53.5 Å². The summed E-state index contributed by atoms with van der Waals surface area (Å²) in [5.41, 5.74) is 1.49. The van der Waals surface area contributed by atoms with E-state index in [1.807, 2.05) is 0 Å². The van der Waals surface area contributed by atoms with Gasteiger partial charge in [-0.15, -0.1) is 0 Å². The molecule has 1 aromatic heterocycles. The molecule has 0 aliphatic carbocycles. The van der Waals surface area contributed by atoms with Crippen LogP contribution in [0.5, 0.6) is 0 Å². The fraction of sp³-hybridized carbons (Fsp3) is 0.235. The van der Waals surface area contributed by atoms with Gasteiger partial charge < -0.3 is 16.0 Å². The molecule has 0 bridgehead atoms. The molecule has 0 aliphatic heterocycles. The lowest BCUT2D eigenvalue weighted by Gasteiger charge is -2.15. The second-order valence-electron chi connectivity index (χ2n) is 5.32. The fourth-order valence-corrected chi connectivity index (χ4v) is 2.02. The van der Waals surface area contributed by atoms with Crippen LogP contribution < -0.4 is 16.0 Å². The molecule has 0 unspecified atom stereocenters. The summed E-state index contributed by atoms with van der Waals surface area (Å²) in [5.74, 6) is -0.716. The largest absolute Gasteiger partial charge is 0.373 e. The molecule has 6 nitrogen and oxygen atoms in total. The molecule has 2 aromatic rings. The molecule has 0 radical (unpaired) electrons. The van der Waals surface area contributed by atoms with Crippen molar-refractivity contribution in [3.63, 3.8) is 0 Å². The first-order valence-electron chi connectivity index (χ1n) is 7.42. The predicted octanol–water partition coefficient (Wildman–Crippen LogP) is 2.33. The van der Waals surface area contributed by atoms with Gasteiger partial charge in [-0.1, -0.05) is 6.07 Å². The standard InChI is InChI=1S/C17H19FN4O2/c1-10-4-5-13(18)9-14(10)22-16(23)11(2)21-17(24)12-6-7-20-15(8-12)19-3/h4-9,11H,1-3H3,(H,19,20)(H,21,24)(H,22,23)/t11-/m0/s1. The van der Waals surface area contributed by atoms with Gasteiger partial charge in [0.1, 0.15) is 17.7 Å². The van der Waals surface area contributed by atoms with E-state index in [-0.39, 0.29) is 0 Å². The van der Waals surface area contributed by atoms with E-state index in [0.29, 0.717) is 17.1 Å². The third-order valence-corrected chi connectivity index (χ3v) is 3.48. The molecule has 0 saturated heterocycles. The molecule has 2 rings (SSSR count).